The summed E-state index contributed by atoms with van der Waals surface area (Å²) in [4.78, 5) is 21.9. The number of amides is 1. The SMILES string of the molecule is O=C(O)/C=C/c1cccc(OCCC(=O)NC2CC2)c1. The molecule has 5 heteroatoms. The molecule has 0 radical (unpaired) electrons. The van der Waals surface area contributed by atoms with Crippen LogP contribution in [0.25, 0.3) is 6.08 Å². The topological polar surface area (TPSA) is 75.6 Å². The first-order valence-electron chi connectivity index (χ1n) is 6.57. The fourth-order valence-electron chi connectivity index (χ4n) is 1.66. The molecule has 0 spiro atoms. The molecule has 106 valence electrons. The summed E-state index contributed by atoms with van der Waals surface area (Å²) in [5.41, 5.74) is 0.743. The van der Waals surface area contributed by atoms with Crippen LogP contribution in [0.4, 0.5) is 0 Å². The van der Waals surface area contributed by atoms with Gasteiger partial charge >= 0.3 is 5.97 Å². The van der Waals surface area contributed by atoms with Crippen LogP contribution in [0.2, 0.25) is 0 Å². The average molecular weight is 275 g/mol. The molecule has 1 aliphatic carbocycles. The predicted molar refractivity (Wildman–Crippen MR) is 74.4 cm³/mol. The molecule has 0 heterocycles. The van der Waals surface area contributed by atoms with Crippen LogP contribution in [0.15, 0.2) is 30.3 Å². The Kier molecular flexibility index (Phi) is 4.76. The molecule has 0 unspecified atom stereocenters. The highest BCUT2D eigenvalue weighted by atomic mass is 16.5. The zero-order valence-corrected chi connectivity index (χ0v) is 11.0. The molecule has 20 heavy (non-hydrogen) atoms. The number of benzene rings is 1. The van der Waals surface area contributed by atoms with Crippen LogP contribution in [-0.4, -0.2) is 29.6 Å². The van der Waals surface area contributed by atoms with Crippen LogP contribution in [0.1, 0.15) is 24.8 Å². The monoisotopic (exact) mass is 275 g/mol. The zero-order valence-electron chi connectivity index (χ0n) is 11.0. The zero-order chi connectivity index (χ0) is 14.4. The summed E-state index contributed by atoms with van der Waals surface area (Å²) < 4.78 is 5.48. The van der Waals surface area contributed by atoms with Gasteiger partial charge in [0, 0.05) is 12.1 Å². The van der Waals surface area contributed by atoms with E-state index in [2.05, 4.69) is 5.32 Å². The largest absolute Gasteiger partial charge is 0.493 e. The number of carboxylic acids is 1. The van der Waals surface area contributed by atoms with Crippen molar-refractivity contribution >= 4 is 18.0 Å². The molecule has 0 bridgehead atoms. The molecule has 1 aromatic carbocycles. The molecular weight excluding hydrogens is 258 g/mol. The summed E-state index contributed by atoms with van der Waals surface area (Å²) >= 11 is 0. The maximum Gasteiger partial charge on any atom is 0.328 e. The van der Waals surface area contributed by atoms with Crippen molar-refractivity contribution in [2.24, 2.45) is 0 Å². The standard InChI is InChI=1S/C15H17NO4/c17-14(16-12-5-6-12)8-9-20-13-3-1-2-11(10-13)4-7-15(18)19/h1-4,7,10,12H,5-6,8-9H2,(H,16,17)(H,18,19)/b7-4+. The van der Waals surface area contributed by atoms with Crippen LogP contribution >= 0.6 is 0 Å². The van der Waals surface area contributed by atoms with E-state index in [0.717, 1.165) is 24.5 Å². The Hall–Kier alpha value is -2.30. The van der Waals surface area contributed by atoms with Gasteiger partial charge in [0.25, 0.3) is 0 Å². The summed E-state index contributed by atoms with van der Waals surface area (Å²) in [6.07, 6.45) is 5.04. The first-order chi connectivity index (χ1) is 9.63. The lowest BCUT2D eigenvalue weighted by Gasteiger charge is -2.07. The van der Waals surface area contributed by atoms with Crippen molar-refractivity contribution in [1.29, 1.82) is 0 Å². The van der Waals surface area contributed by atoms with E-state index in [1.807, 2.05) is 0 Å². The van der Waals surface area contributed by atoms with Crippen molar-refractivity contribution in [2.45, 2.75) is 25.3 Å². The number of nitrogens with one attached hydrogen (secondary N) is 1. The molecule has 1 aromatic rings. The number of ether oxygens (including phenoxy) is 1. The molecule has 0 aromatic heterocycles. The molecule has 0 atom stereocenters. The van der Waals surface area contributed by atoms with Gasteiger partial charge in [-0.1, -0.05) is 12.1 Å². The predicted octanol–water partition coefficient (Wildman–Crippen LogP) is 1.83. The van der Waals surface area contributed by atoms with Gasteiger partial charge in [0.1, 0.15) is 5.75 Å². The minimum absolute atomic E-state index is 0.00873. The van der Waals surface area contributed by atoms with E-state index >= 15 is 0 Å². The Balaban J connectivity index is 1.78. The Morgan fingerprint density at radius 3 is 2.90 bits per heavy atom. The lowest BCUT2D eigenvalue weighted by atomic mass is 10.2. The number of aliphatic carboxylic acids is 1. The van der Waals surface area contributed by atoms with Crippen LogP contribution in [-0.2, 0) is 9.59 Å². The summed E-state index contributed by atoms with van der Waals surface area (Å²) in [5.74, 6) is -0.362. The third-order valence-corrected chi connectivity index (χ3v) is 2.82. The fourth-order valence-corrected chi connectivity index (χ4v) is 1.66. The number of hydrogen-bond donors (Lipinski definition) is 2. The number of carbonyl (C=O) groups excluding carboxylic acids is 1. The highest BCUT2D eigenvalue weighted by molar-refractivity contribution is 5.85. The van der Waals surface area contributed by atoms with Crippen LogP contribution < -0.4 is 10.1 Å². The molecule has 2 N–H and O–H groups in total. The van der Waals surface area contributed by atoms with E-state index in [1.165, 1.54) is 6.08 Å². The van der Waals surface area contributed by atoms with Crippen molar-refractivity contribution in [3.8, 4) is 5.75 Å². The minimum atomic E-state index is -0.993. The maximum absolute atomic E-state index is 11.5. The van der Waals surface area contributed by atoms with Gasteiger partial charge in [-0.15, -0.1) is 0 Å². The summed E-state index contributed by atoms with van der Waals surface area (Å²) in [6.45, 7) is 0.310. The number of rotatable bonds is 7. The third kappa shape index (κ3) is 5.14. The summed E-state index contributed by atoms with van der Waals surface area (Å²) in [7, 11) is 0. The van der Waals surface area contributed by atoms with Gasteiger partial charge in [-0.3, -0.25) is 4.79 Å². The maximum atomic E-state index is 11.5. The third-order valence-electron chi connectivity index (χ3n) is 2.82. The van der Waals surface area contributed by atoms with Gasteiger partial charge in [0.05, 0.1) is 13.0 Å². The van der Waals surface area contributed by atoms with E-state index in [1.54, 1.807) is 24.3 Å². The van der Waals surface area contributed by atoms with E-state index in [9.17, 15) is 9.59 Å². The smallest absolute Gasteiger partial charge is 0.328 e. The van der Waals surface area contributed by atoms with Gasteiger partial charge in [-0.2, -0.15) is 0 Å². The Morgan fingerprint density at radius 1 is 1.40 bits per heavy atom. The van der Waals surface area contributed by atoms with Gasteiger partial charge in [0.15, 0.2) is 0 Å². The molecule has 1 amide bonds. The minimum Gasteiger partial charge on any atom is -0.493 e. The second-order valence-electron chi connectivity index (χ2n) is 4.68. The molecule has 0 saturated heterocycles. The van der Waals surface area contributed by atoms with Crippen molar-refractivity contribution in [3.63, 3.8) is 0 Å². The molecular formula is C15H17NO4. The number of carbonyl (C=O) groups is 2. The number of carboxylic acid groups (broad SMARTS) is 1. The van der Waals surface area contributed by atoms with E-state index in [0.29, 0.717) is 24.8 Å². The molecule has 0 aliphatic heterocycles. The van der Waals surface area contributed by atoms with Gasteiger partial charge in [-0.25, -0.2) is 4.79 Å². The molecule has 1 saturated carbocycles. The van der Waals surface area contributed by atoms with Crippen LogP contribution in [0.3, 0.4) is 0 Å². The second-order valence-corrected chi connectivity index (χ2v) is 4.68. The van der Waals surface area contributed by atoms with Crippen LogP contribution in [0.5, 0.6) is 5.75 Å². The van der Waals surface area contributed by atoms with E-state index in [4.69, 9.17) is 9.84 Å². The Bertz CT molecular complexity index is 520. The molecule has 1 aliphatic rings. The van der Waals surface area contributed by atoms with Gasteiger partial charge in [0.2, 0.25) is 5.91 Å². The van der Waals surface area contributed by atoms with Crippen molar-refractivity contribution in [1.82, 2.24) is 5.32 Å². The quantitative estimate of drug-likeness (QED) is 0.744. The highest BCUT2D eigenvalue weighted by Crippen LogP contribution is 2.19. The first kappa shape index (κ1) is 14.1. The van der Waals surface area contributed by atoms with Gasteiger partial charge < -0.3 is 15.2 Å². The van der Waals surface area contributed by atoms with Crippen LogP contribution in [0, 0.1) is 0 Å². The lowest BCUT2D eigenvalue weighted by molar-refractivity contribution is -0.131. The molecule has 5 nitrogen and oxygen atoms in total. The fraction of sp³-hybridized carbons (Fsp3) is 0.333. The molecule has 1 fully saturated rings. The first-order valence-corrected chi connectivity index (χ1v) is 6.57. The Labute approximate surface area is 117 Å². The van der Waals surface area contributed by atoms with Crippen molar-refractivity contribution < 1.29 is 19.4 Å². The van der Waals surface area contributed by atoms with E-state index < -0.39 is 5.97 Å². The van der Waals surface area contributed by atoms with Gasteiger partial charge in [-0.05, 0) is 36.6 Å². The van der Waals surface area contributed by atoms with Crippen molar-refractivity contribution in [3.05, 3.63) is 35.9 Å². The van der Waals surface area contributed by atoms with E-state index in [-0.39, 0.29) is 5.91 Å². The highest BCUT2D eigenvalue weighted by Gasteiger charge is 2.22. The normalized spacial score (nSPS) is 14.2. The summed E-state index contributed by atoms with van der Waals surface area (Å²) in [6, 6.07) is 7.44. The summed E-state index contributed by atoms with van der Waals surface area (Å²) in [5, 5.41) is 11.5. The Morgan fingerprint density at radius 2 is 2.20 bits per heavy atom. The second kappa shape index (κ2) is 6.75. The molecule has 2 rings (SSSR count). The number of hydrogen-bond acceptors (Lipinski definition) is 3. The van der Waals surface area contributed by atoms with Crippen molar-refractivity contribution in [2.75, 3.05) is 6.61 Å². The lowest BCUT2D eigenvalue weighted by Crippen LogP contribution is -2.26. The average Bonchev–Trinajstić information content (AvgIpc) is 3.21.